The second-order valence-electron chi connectivity index (χ2n) is 4.43. The van der Waals surface area contributed by atoms with Crippen LogP contribution in [0.25, 0.3) is 0 Å². The van der Waals surface area contributed by atoms with Gasteiger partial charge in [0.1, 0.15) is 5.25 Å². The SMILES string of the molecule is C[C@@H](Sc1nc(O)c(Cc2ccccc2)c(=O)[nH]1)C(=O)O. The van der Waals surface area contributed by atoms with Gasteiger partial charge >= 0.3 is 5.97 Å². The molecule has 0 aliphatic carbocycles. The third kappa shape index (κ3) is 3.85. The summed E-state index contributed by atoms with van der Waals surface area (Å²) in [4.78, 5) is 29.1. The molecule has 0 aliphatic rings. The second kappa shape index (κ2) is 6.45. The molecular formula is C14H14N2O4S. The van der Waals surface area contributed by atoms with Crippen LogP contribution in [0, 0.1) is 0 Å². The van der Waals surface area contributed by atoms with Crippen LogP contribution in [0.2, 0.25) is 0 Å². The van der Waals surface area contributed by atoms with Crippen LogP contribution < -0.4 is 5.56 Å². The molecule has 2 rings (SSSR count). The highest BCUT2D eigenvalue weighted by Crippen LogP contribution is 2.22. The lowest BCUT2D eigenvalue weighted by Crippen LogP contribution is -2.18. The molecular weight excluding hydrogens is 292 g/mol. The Morgan fingerprint density at radius 3 is 2.62 bits per heavy atom. The third-order valence-corrected chi connectivity index (χ3v) is 3.80. The lowest BCUT2D eigenvalue weighted by Gasteiger charge is -2.08. The van der Waals surface area contributed by atoms with Crippen molar-refractivity contribution in [2.75, 3.05) is 0 Å². The van der Waals surface area contributed by atoms with E-state index < -0.39 is 16.8 Å². The van der Waals surface area contributed by atoms with Crippen LogP contribution >= 0.6 is 11.8 Å². The Bertz CT molecular complexity index is 700. The summed E-state index contributed by atoms with van der Waals surface area (Å²) in [6.45, 7) is 1.47. The number of aromatic hydroxyl groups is 1. The number of carbonyl (C=O) groups is 1. The molecule has 0 unspecified atom stereocenters. The highest BCUT2D eigenvalue weighted by atomic mass is 32.2. The molecule has 6 nitrogen and oxygen atoms in total. The Labute approximate surface area is 124 Å². The Morgan fingerprint density at radius 2 is 2.05 bits per heavy atom. The van der Waals surface area contributed by atoms with Crippen molar-refractivity contribution in [2.45, 2.75) is 23.8 Å². The van der Waals surface area contributed by atoms with E-state index in [4.69, 9.17) is 5.11 Å². The molecule has 1 atom stereocenters. The first kappa shape index (κ1) is 15.1. The number of hydrogen-bond donors (Lipinski definition) is 3. The maximum absolute atomic E-state index is 12.0. The largest absolute Gasteiger partial charge is 0.493 e. The predicted molar refractivity (Wildman–Crippen MR) is 78.7 cm³/mol. The lowest BCUT2D eigenvalue weighted by atomic mass is 10.1. The monoisotopic (exact) mass is 306 g/mol. The number of aliphatic carboxylic acids is 1. The maximum atomic E-state index is 12.0. The Balaban J connectivity index is 2.26. The van der Waals surface area contributed by atoms with Crippen molar-refractivity contribution in [3.8, 4) is 5.88 Å². The number of benzene rings is 1. The number of carboxylic acid groups (broad SMARTS) is 1. The van der Waals surface area contributed by atoms with Gasteiger partial charge in [-0.15, -0.1) is 0 Å². The van der Waals surface area contributed by atoms with Gasteiger partial charge in [0.25, 0.3) is 5.56 Å². The molecule has 0 bridgehead atoms. The van der Waals surface area contributed by atoms with Crippen LogP contribution in [0.5, 0.6) is 5.88 Å². The molecule has 1 aromatic heterocycles. The van der Waals surface area contributed by atoms with Crippen molar-refractivity contribution < 1.29 is 15.0 Å². The number of hydrogen-bond acceptors (Lipinski definition) is 5. The Kier molecular flexibility index (Phi) is 4.64. The first-order valence-corrected chi connectivity index (χ1v) is 7.11. The minimum atomic E-state index is -1.02. The van der Waals surface area contributed by atoms with Crippen LogP contribution in [0.3, 0.4) is 0 Å². The van der Waals surface area contributed by atoms with Crippen molar-refractivity contribution in [3.63, 3.8) is 0 Å². The number of nitrogens with one attached hydrogen (secondary N) is 1. The fraction of sp³-hybridized carbons (Fsp3) is 0.214. The molecule has 21 heavy (non-hydrogen) atoms. The van der Waals surface area contributed by atoms with Gasteiger partial charge in [-0.1, -0.05) is 42.1 Å². The van der Waals surface area contributed by atoms with E-state index in [9.17, 15) is 14.7 Å². The number of carboxylic acids is 1. The number of aromatic nitrogens is 2. The number of aromatic amines is 1. The normalized spacial score (nSPS) is 12.0. The summed E-state index contributed by atoms with van der Waals surface area (Å²) in [5.74, 6) is -1.39. The zero-order chi connectivity index (χ0) is 15.4. The van der Waals surface area contributed by atoms with Gasteiger partial charge in [-0.2, -0.15) is 4.98 Å². The molecule has 3 N–H and O–H groups in total. The minimum absolute atomic E-state index is 0.0872. The second-order valence-corrected chi connectivity index (χ2v) is 5.76. The number of thioether (sulfide) groups is 1. The zero-order valence-electron chi connectivity index (χ0n) is 11.2. The van der Waals surface area contributed by atoms with E-state index in [-0.39, 0.29) is 23.0 Å². The summed E-state index contributed by atoms with van der Waals surface area (Å²) >= 11 is 0.869. The van der Waals surface area contributed by atoms with E-state index in [2.05, 4.69) is 9.97 Å². The number of rotatable bonds is 5. The van der Waals surface area contributed by atoms with Crippen LogP contribution in [0.15, 0.2) is 40.3 Å². The van der Waals surface area contributed by atoms with Gasteiger partial charge in [0, 0.05) is 6.42 Å². The van der Waals surface area contributed by atoms with Crippen molar-refractivity contribution in [1.29, 1.82) is 0 Å². The predicted octanol–water partition coefficient (Wildman–Crippen LogP) is 1.63. The molecule has 0 amide bonds. The van der Waals surface area contributed by atoms with Crippen LogP contribution in [-0.2, 0) is 11.2 Å². The standard InChI is InChI=1S/C14H14N2O4S/c1-8(13(19)20)21-14-15-11(17)10(12(18)16-14)7-9-5-3-2-4-6-9/h2-6,8H,7H2,1H3,(H,19,20)(H2,15,16,17,18)/t8-/m1/s1. The van der Waals surface area contributed by atoms with Crippen LogP contribution in [-0.4, -0.2) is 31.4 Å². The summed E-state index contributed by atoms with van der Waals surface area (Å²) < 4.78 is 0. The topological polar surface area (TPSA) is 103 Å². The number of nitrogens with zero attached hydrogens (tertiary/aromatic N) is 1. The van der Waals surface area contributed by atoms with Gasteiger partial charge in [-0.05, 0) is 12.5 Å². The number of H-pyrrole nitrogens is 1. The molecule has 0 spiro atoms. The van der Waals surface area contributed by atoms with Gasteiger partial charge in [0.2, 0.25) is 5.88 Å². The van der Waals surface area contributed by atoms with Crippen molar-refractivity contribution in [2.24, 2.45) is 0 Å². The molecule has 2 aromatic rings. The maximum Gasteiger partial charge on any atom is 0.316 e. The Hall–Kier alpha value is -2.28. The first-order valence-electron chi connectivity index (χ1n) is 6.23. The van der Waals surface area contributed by atoms with E-state index in [1.165, 1.54) is 6.92 Å². The molecule has 0 radical (unpaired) electrons. The average Bonchev–Trinajstić information content (AvgIpc) is 2.44. The molecule has 0 fully saturated rings. The van der Waals surface area contributed by atoms with Gasteiger partial charge in [-0.3, -0.25) is 9.59 Å². The fourth-order valence-electron chi connectivity index (χ4n) is 1.70. The quantitative estimate of drug-likeness (QED) is 0.573. The lowest BCUT2D eigenvalue weighted by molar-refractivity contribution is -0.136. The molecule has 0 saturated carbocycles. The summed E-state index contributed by atoms with van der Waals surface area (Å²) in [6.07, 6.45) is 0.258. The molecule has 0 saturated heterocycles. The van der Waals surface area contributed by atoms with Crippen LogP contribution in [0.4, 0.5) is 0 Å². The van der Waals surface area contributed by atoms with Crippen molar-refractivity contribution in [1.82, 2.24) is 9.97 Å². The summed E-state index contributed by atoms with van der Waals surface area (Å²) in [6, 6.07) is 9.22. The summed E-state index contributed by atoms with van der Waals surface area (Å²) in [5, 5.41) is 18.0. The van der Waals surface area contributed by atoms with Crippen molar-refractivity contribution >= 4 is 17.7 Å². The van der Waals surface area contributed by atoms with E-state index in [1.807, 2.05) is 30.3 Å². The highest BCUT2D eigenvalue weighted by Gasteiger charge is 2.17. The minimum Gasteiger partial charge on any atom is -0.493 e. The fourth-order valence-corrected chi connectivity index (χ4v) is 2.43. The van der Waals surface area contributed by atoms with Gasteiger partial charge in [0.15, 0.2) is 5.16 Å². The van der Waals surface area contributed by atoms with Crippen LogP contribution in [0.1, 0.15) is 18.1 Å². The van der Waals surface area contributed by atoms with E-state index in [1.54, 1.807) is 0 Å². The highest BCUT2D eigenvalue weighted by molar-refractivity contribution is 8.00. The molecule has 7 heteroatoms. The average molecular weight is 306 g/mol. The molecule has 1 aromatic carbocycles. The molecule has 0 aliphatic heterocycles. The van der Waals surface area contributed by atoms with Crippen molar-refractivity contribution in [3.05, 3.63) is 51.8 Å². The van der Waals surface area contributed by atoms with Gasteiger partial charge in [-0.25, -0.2) is 0 Å². The zero-order valence-corrected chi connectivity index (χ0v) is 12.1. The first-order chi connectivity index (χ1) is 9.97. The smallest absolute Gasteiger partial charge is 0.316 e. The van der Waals surface area contributed by atoms with Gasteiger partial charge in [0.05, 0.1) is 5.56 Å². The summed E-state index contributed by atoms with van der Waals surface area (Å²) in [5.41, 5.74) is 0.569. The Morgan fingerprint density at radius 1 is 1.38 bits per heavy atom. The summed E-state index contributed by atoms with van der Waals surface area (Å²) in [7, 11) is 0. The van der Waals surface area contributed by atoms with E-state index in [0.29, 0.717) is 0 Å². The van der Waals surface area contributed by atoms with Gasteiger partial charge < -0.3 is 15.2 Å². The molecule has 1 heterocycles. The van der Waals surface area contributed by atoms with E-state index in [0.717, 1.165) is 17.3 Å². The third-order valence-electron chi connectivity index (χ3n) is 2.83. The van der Waals surface area contributed by atoms with E-state index >= 15 is 0 Å². The molecule has 110 valence electrons.